The van der Waals surface area contributed by atoms with Gasteiger partial charge in [0.05, 0.1) is 0 Å². The molecule has 0 saturated carbocycles. The smallest absolute Gasteiger partial charge is 0.267 e. The molecule has 0 spiro atoms. The van der Waals surface area contributed by atoms with Crippen LogP contribution in [0.15, 0.2) is 76.8 Å². The van der Waals surface area contributed by atoms with E-state index in [2.05, 4.69) is 10.6 Å². The summed E-state index contributed by atoms with van der Waals surface area (Å²) in [7, 11) is 0. The second-order valence-electron chi connectivity index (χ2n) is 6.12. The average molecular weight is 504 g/mol. The highest BCUT2D eigenvalue weighted by molar-refractivity contribution is 14.1. The Labute approximate surface area is 181 Å². The van der Waals surface area contributed by atoms with Crippen molar-refractivity contribution in [2.45, 2.75) is 6.42 Å². The van der Waals surface area contributed by atoms with Gasteiger partial charge in [0.2, 0.25) is 0 Å². The van der Waals surface area contributed by atoms with Crippen molar-refractivity contribution in [3.05, 3.63) is 98.9 Å². The van der Waals surface area contributed by atoms with Crippen molar-refractivity contribution < 1.29 is 18.4 Å². The molecule has 2 N–H and O–H groups in total. The first-order valence-electron chi connectivity index (χ1n) is 8.88. The Kier molecular flexibility index (Phi) is 7.18. The van der Waals surface area contributed by atoms with Crippen LogP contribution in [-0.4, -0.2) is 18.4 Å². The van der Waals surface area contributed by atoms with Gasteiger partial charge in [0.15, 0.2) is 3.77 Å². The molecule has 0 saturated heterocycles. The van der Waals surface area contributed by atoms with Crippen molar-refractivity contribution in [2.24, 2.45) is 0 Å². The lowest BCUT2D eigenvalue weighted by Crippen LogP contribution is -2.35. The maximum absolute atomic E-state index is 13.7. The van der Waals surface area contributed by atoms with Crippen molar-refractivity contribution in [3.63, 3.8) is 0 Å². The molecule has 2 amide bonds. The number of carbonyl (C=O) groups is 2. The van der Waals surface area contributed by atoms with Crippen LogP contribution in [0.3, 0.4) is 0 Å². The first kappa shape index (κ1) is 20.8. The van der Waals surface area contributed by atoms with Gasteiger partial charge >= 0.3 is 0 Å². The standard InChI is InChI=1S/C22H18FIN2O3/c23-18-9-5-4-6-15(18)12-13-25-22(28)19(14-17-10-11-20(24)29-17)26-21(27)16-7-2-1-3-8-16/h1-11,14H,12-13H2,(H,25,28)(H,26,27)/b19-14-. The summed E-state index contributed by atoms with van der Waals surface area (Å²) in [6, 6.07) is 18.4. The van der Waals surface area contributed by atoms with Gasteiger partial charge in [-0.25, -0.2) is 4.39 Å². The van der Waals surface area contributed by atoms with E-state index < -0.39 is 11.8 Å². The second kappa shape index (κ2) is 10.0. The monoisotopic (exact) mass is 504 g/mol. The number of carbonyl (C=O) groups excluding carboxylic acids is 2. The molecule has 5 nitrogen and oxygen atoms in total. The SMILES string of the molecule is O=C(NCCc1ccccc1F)/C(=C/c1ccc(I)o1)NC(=O)c1ccccc1. The van der Waals surface area contributed by atoms with Gasteiger partial charge in [-0.3, -0.25) is 9.59 Å². The molecule has 0 radical (unpaired) electrons. The van der Waals surface area contributed by atoms with Crippen LogP contribution in [0.5, 0.6) is 0 Å². The molecule has 3 rings (SSSR count). The maximum Gasteiger partial charge on any atom is 0.267 e. The van der Waals surface area contributed by atoms with E-state index in [4.69, 9.17) is 4.42 Å². The fourth-order valence-electron chi connectivity index (χ4n) is 2.60. The number of nitrogens with one attached hydrogen (secondary N) is 2. The van der Waals surface area contributed by atoms with E-state index in [9.17, 15) is 14.0 Å². The first-order chi connectivity index (χ1) is 14.0. The molecule has 0 atom stereocenters. The van der Waals surface area contributed by atoms with E-state index in [0.717, 1.165) is 0 Å². The Hall–Kier alpha value is -2.94. The van der Waals surface area contributed by atoms with Crippen LogP contribution in [0.25, 0.3) is 6.08 Å². The predicted molar refractivity (Wildman–Crippen MR) is 116 cm³/mol. The van der Waals surface area contributed by atoms with Crippen LogP contribution in [0, 0.1) is 9.58 Å². The van der Waals surface area contributed by atoms with Gasteiger partial charge in [-0.15, -0.1) is 0 Å². The van der Waals surface area contributed by atoms with Crippen molar-refractivity contribution in [2.75, 3.05) is 6.54 Å². The van der Waals surface area contributed by atoms with Gasteiger partial charge in [-0.2, -0.15) is 0 Å². The average Bonchev–Trinajstić information content (AvgIpc) is 3.14. The van der Waals surface area contributed by atoms with Gasteiger partial charge in [0, 0.05) is 18.2 Å². The third-order valence-electron chi connectivity index (χ3n) is 4.05. The van der Waals surface area contributed by atoms with E-state index in [-0.39, 0.29) is 18.1 Å². The van der Waals surface area contributed by atoms with E-state index >= 15 is 0 Å². The van der Waals surface area contributed by atoms with Gasteiger partial charge in [0.25, 0.3) is 11.8 Å². The summed E-state index contributed by atoms with van der Waals surface area (Å²) in [6.07, 6.45) is 1.79. The number of halogens is 2. The van der Waals surface area contributed by atoms with Crippen molar-refractivity contribution >= 4 is 40.5 Å². The molecule has 1 aromatic heterocycles. The first-order valence-corrected chi connectivity index (χ1v) is 9.96. The zero-order valence-corrected chi connectivity index (χ0v) is 17.5. The van der Waals surface area contributed by atoms with E-state index in [1.54, 1.807) is 60.7 Å². The van der Waals surface area contributed by atoms with Gasteiger partial charge < -0.3 is 15.1 Å². The van der Waals surface area contributed by atoms with E-state index in [1.807, 2.05) is 22.6 Å². The van der Waals surface area contributed by atoms with Crippen molar-refractivity contribution in [3.8, 4) is 0 Å². The molecule has 3 aromatic rings. The number of hydrogen-bond acceptors (Lipinski definition) is 3. The molecule has 0 aliphatic heterocycles. The lowest BCUT2D eigenvalue weighted by molar-refractivity contribution is -0.117. The van der Waals surface area contributed by atoms with Crippen LogP contribution in [0.4, 0.5) is 4.39 Å². The molecule has 0 fully saturated rings. The lowest BCUT2D eigenvalue weighted by Gasteiger charge is -2.11. The Morgan fingerprint density at radius 3 is 2.41 bits per heavy atom. The molecule has 0 aliphatic carbocycles. The van der Waals surface area contributed by atoms with Crippen molar-refractivity contribution in [1.29, 1.82) is 0 Å². The minimum absolute atomic E-state index is 0.0399. The number of rotatable bonds is 7. The van der Waals surface area contributed by atoms with Crippen LogP contribution >= 0.6 is 22.6 Å². The Morgan fingerprint density at radius 2 is 1.72 bits per heavy atom. The predicted octanol–water partition coefficient (Wildman–Crippen LogP) is 4.15. The lowest BCUT2D eigenvalue weighted by atomic mass is 10.1. The Bertz CT molecular complexity index is 1030. The molecule has 2 aromatic carbocycles. The third kappa shape index (κ3) is 6.02. The summed E-state index contributed by atoms with van der Waals surface area (Å²) in [5, 5.41) is 5.33. The summed E-state index contributed by atoms with van der Waals surface area (Å²) < 4.78 is 19.9. The normalized spacial score (nSPS) is 11.2. The highest BCUT2D eigenvalue weighted by Gasteiger charge is 2.15. The van der Waals surface area contributed by atoms with Gasteiger partial charge in [-0.05, 0) is 64.9 Å². The molecular weight excluding hydrogens is 486 g/mol. The zero-order valence-electron chi connectivity index (χ0n) is 15.3. The molecule has 148 valence electrons. The van der Waals surface area contributed by atoms with E-state index in [1.165, 1.54) is 12.1 Å². The summed E-state index contributed by atoms with van der Waals surface area (Å²) in [5.74, 6) is -0.790. The number of amides is 2. The molecule has 7 heteroatoms. The summed E-state index contributed by atoms with van der Waals surface area (Å²) >= 11 is 2.01. The van der Waals surface area contributed by atoms with Crippen molar-refractivity contribution in [1.82, 2.24) is 10.6 Å². The largest absolute Gasteiger partial charge is 0.451 e. The van der Waals surface area contributed by atoms with Gasteiger partial charge in [-0.1, -0.05) is 36.4 Å². The second-order valence-corrected chi connectivity index (χ2v) is 7.18. The van der Waals surface area contributed by atoms with Crippen LogP contribution in [0.2, 0.25) is 0 Å². The van der Waals surface area contributed by atoms with E-state index in [0.29, 0.717) is 27.1 Å². The summed E-state index contributed by atoms with van der Waals surface area (Å²) in [6.45, 7) is 0.216. The highest BCUT2D eigenvalue weighted by Crippen LogP contribution is 2.14. The Balaban J connectivity index is 1.71. The Morgan fingerprint density at radius 1 is 1.00 bits per heavy atom. The molecule has 0 aliphatic rings. The quantitative estimate of drug-likeness (QED) is 0.375. The fraction of sp³-hybridized carbons (Fsp3) is 0.0909. The topological polar surface area (TPSA) is 71.3 Å². The zero-order chi connectivity index (χ0) is 20.6. The molecule has 0 unspecified atom stereocenters. The minimum Gasteiger partial charge on any atom is -0.451 e. The summed E-state index contributed by atoms with van der Waals surface area (Å²) in [5.41, 5.74) is 0.969. The molecule has 29 heavy (non-hydrogen) atoms. The third-order valence-corrected chi connectivity index (χ3v) is 4.63. The maximum atomic E-state index is 13.7. The number of benzene rings is 2. The van der Waals surface area contributed by atoms with Crippen LogP contribution in [-0.2, 0) is 11.2 Å². The fourth-order valence-corrected chi connectivity index (χ4v) is 3.03. The molecular formula is C22H18FIN2O3. The molecule has 1 heterocycles. The minimum atomic E-state index is -0.489. The summed E-state index contributed by atoms with van der Waals surface area (Å²) in [4.78, 5) is 25.1. The highest BCUT2D eigenvalue weighted by atomic mass is 127. The number of hydrogen-bond donors (Lipinski definition) is 2. The number of furan rings is 1. The van der Waals surface area contributed by atoms with Crippen LogP contribution < -0.4 is 10.6 Å². The molecule has 0 bridgehead atoms. The van der Waals surface area contributed by atoms with Gasteiger partial charge in [0.1, 0.15) is 17.3 Å². The van der Waals surface area contributed by atoms with Crippen LogP contribution in [0.1, 0.15) is 21.7 Å².